The van der Waals surface area contributed by atoms with E-state index in [1.165, 1.54) is 0 Å². The van der Waals surface area contributed by atoms with Crippen LogP contribution < -0.4 is 9.64 Å². The Hall–Kier alpha value is -2.81. The number of carbonyl (C=O) groups is 1. The molecule has 2 heterocycles. The molecule has 6 nitrogen and oxygen atoms in total. The number of nitriles is 1. The first-order chi connectivity index (χ1) is 11.5. The van der Waals surface area contributed by atoms with Crippen LogP contribution >= 0.6 is 0 Å². The highest BCUT2D eigenvalue weighted by Crippen LogP contribution is 2.35. The SMILES string of the molecule is COc1ccc2c(N3CC[C@H](C(=O)O)[C@H](C)C3)c(C#N)cnc2c1. The number of methoxy groups -OCH3 is 1. The van der Waals surface area contributed by atoms with Crippen molar-refractivity contribution in [2.24, 2.45) is 11.8 Å². The first-order valence-corrected chi connectivity index (χ1v) is 7.89. The van der Waals surface area contributed by atoms with Gasteiger partial charge in [-0.3, -0.25) is 9.78 Å². The van der Waals surface area contributed by atoms with Crippen molar-refractivity contribution in [2.45, 2.75) is 13.3 Å². The van der Waals surface area contributed by atoms with Crippen molar-refractivity contribution in [1.29, 1.82) is 5.26 Å². The number of benzene rings is 1. The van der Waals surface area contributed by atoms with Gasteiger partial charge >= 0.3 is 5.97 Å². The second-order valence-corrected chi connectivity index (χ2v) is 6.17. The number of ether oxygens (including phenoxy) is 1. The lowest BCUT2D eigenvalue weighted by Gasteiger charge is -2.37. The van der Waals surface area contributed by atoms with Gasteiger partial charge in [-0.2, -0.15) is 5.26 Å². The first-order valence-electron chi connectivity index (χ1n) is 7.89. The van der Waals surface area contributed by atoms with E-state index in [0.717, 1.165) is 16.6 Å². The van der Waals surface area contributed by atoms with E-state index in [2.05, 4.69) is 16.0 Å². The fraction of sp³-hybridized carbons (Fsp3) is 0.389. The molecule has 1 aliphatic heterocycles. The molecule has 0 spiro atoms. The Kier molecular flexibility index (Phi) is 4.26. The van der Waals surface area contributed by atoms with E-state index >= 15 is 0 Å². The number of carboxylic acids is 1. The van der Waals surface area contributed by atoms with Gasteiger partial charge in [0.2, 0.25) is 0 Å². The fourth-order valence-electron chi connectivity index (χ4n) is 3.42. The van der Waals surface area contributed by atoms with Crippen molar-refractivity contribution >= 4 is 22.6 Å². The van der Waals surface area contributed by atoms with Gasteiger partial charge in [0, 0.05) is 30.7 Å². The number of nitrogens with zero attached hydrogens (tertiary/aromatic N) is 3. The standard InChI is InChI=1S/C18H19N3O3/c1-11-10-21(6-5-14(11)18(22)23)17-12(8-19)9-20-16-7-13(24-2)3-4-15(16)17/h3-4,7,9,11,14H,5-6,10H2,1-2H3,(H,22,23)/t11-,14+/m1/s1. The molecule has 1 N–H and O–H groups in total. The predicted molar refractivity (Wildman–Crippen MR) is 90.1 cm³/mol. The molecular weight excluding hydrogens is 306 g/mol. The Labute approximate surface area is 140 Å². The van der Waals surface area contributed by atoms with E-state index < -0.39 is 5.97 Å². The third kappa shape index (κ3) is 2.73. The minimum Gasteiger partial charge on any atom is -0.497 e. The maximum Gasteiger partial charge on any atom is 0.306 e. The van der Waals surface area contributed by atoms with Crippen LogP contribution in [-0.2, 0) is 4.79 Å². The van der Waals surface area contributed by atoms with Gasteiger partial charge in [-0.05, 0) is 24.5 Å². The van der Waals surface area contributed by atoms with Crippen LogP contribution in [0.4, 0.5) is 5.69 Å². The number of piperidine rings is 1. The molecule has 2 atom stereocenters. The molecule has 0 aliphatic carbocycles. The van der Waals surface area contributed by atoms with Crippen LogP contribution in [0.5, 0.6) is 5.75 Å². The number of rotatable bonds is 3. The van der Waals surface area contributed by atoms with E-state index in [0.29, 0.717) is 30.8 Å². The Balaban J connectivity index is 2.05. The van der Waals surface area contributed by atoms with Gasteiger partial charge in [0.25, 0.3) is 0 Å². The lowest BCUT2D eigenvalue weighted by Crippen LogP contribution is -2.42. The summed E-state index contributed by atoms with van der Waals surface area (Å²) in [7, 11) is 1.60. The largest absolute Gasteiger partial charge is 0.497 e. The average molecular weight is 325 g/mol. The molecule has 0 amide bonds. The molecule has 1 aliphatic rings. The third-order valence-corrected chi connectivity index (χ3v) is 4.71. The maximum atomic E-state index is 11.3. The summed E-state index contributed by atoms with van der Waals surface area (Å²) in [6.45, 7) is 3.17. The van der Waals surface area contributed by atoms with Gasteiger partial charge in [-0.15, -0.1) is 0 Å². The van der Waals surface area contributed by atoms with Crippen molar-refractivity contribution < 1.29 is 14.6 Å². The summed E-state index contributed by atoms with van der Waals surface area (Å²) in [5.41, 5.74) is 2.10. The van der Waals surface area contributed by atoms with Crippen molar-refractivity contribution in [1.82, 2.24) is 4.98 Å². The number of pyridine rings is 1. The van der Waals surface area contributed by atoms with Crippen molar-refractivity contribution in [3.05, 3.63) is 30.0 Å². The highest BCUT2D eigenvalue weighted by molar-refractivity contribution is 5.95. The van der Waals surface area contributed by atoms with Gasteiger partial charge < -0.3 is 14.7 Å². The molecule has 0 radical (unpaired) electrons. The van der Waals surface area contributed by atoms with Crippen LogP contribution in [-0.4, -0.2) is 36.3 Å². The first kappa shape index (κ1) is 16.1. The second kappa shape index (κ2) is 6.36. The van der Waals surface area contributed by atoms with E-state index in [-0.39, 0.29) is 11.8 Å². The molecule has 1 saturated heterocycles. The zero-order valence-electron chi connectivity index (χ0n) is 13.7. The van der Waals surface area contributed by atoms with Gasteiger partial charge in [-0.1, -0.05) is 6.92 Å². The van der Waals surface area contributed by atoms with Crippen molar-refractivity contribution in [2.75, 3.05) is 25.1 Å². The number of aromatic nitrogens is 1. The summed E-state index contributed by atoms with van der Waals surface area (Å²) in [4.78, 5) is 17.8. The quantitative estimate of drug-likeness (QED) is 0.933. The van der Waals surface area contributed by atoms with E-state index in [9.17, 15) is 15.2 Å². The number of carboxylic acid groups (broad SMARTS) is 1. The summed E-state index contributed by atoms with van der Waals surface area (Å²) < 4.78 is 5.24. The molecule has 3 rings (SSSR count). The summed E-state index contributed by atoms with van der Waals surface area (Å²) in [6, 6.07) is 7.81. The van der Waals surface area contributed by atoms with Crippen LogP contribution in [0.15, 0.2) is 24.4 Å². The van der Waals surface area contributed by atoms with Gasteiger partial charge in [0.15, 0.2) is 0 Å². The smallest absolute Gasteiger partial charge is 0.306 e. The van der Waals surface area contributed by atoms with Crippen LogP contribution in [0.3, 0.4) is 0 Å². The van der Waals surface area contributed by atoms with E-state index in [1.54, 1.807) is 13.3 Å². The minimum atomic E-state index is -0.744. The Morgan fingerprint density at radius 1 is 1.50 bits per heavy atom. The second-order valence-electron chi connectivity index (χ2n) is 6.17. The fourth-order valence-corrected chi connectivity index (χ4v) is 3.42. The number of fused-ring (bicyclic) bond motifs is 1. The molecule has 0 saturated carbocycles. The number of hydrogen-bond donors (Lipinski definition) is 1. The average Bonchev–Trinajstić information content (AvgIpc) is 2.59. The van der Waals surface area contributed by atoms with E-state index in [4.69, 9.17) is 4.74 Å². The predicted octanol–water partition coefficient (Wildman–Crippen LogP) is 2.66. The molecule has 0 unspecified atom stereocenters. The number of aliphatic carboxylic acids is 1. The third-order valence-electron chi connectivity index (χ3n) is 4.71. The molecule has 24 heavy (non-hydrogen) atoms. The number of anilines is 1. The highest BCUT2D eigenvalue weighted by atomic mass is 16.5. The maximum absolute atomic E-state index is 11.3. The molecular formula is C18H19N3O3. The summed E-state index contributed by atoms with van der Waals surface area (Å²) >= 11 is 0. The Bertz CT molecular complexity index is 828. The minimum absolute atomic E-state index is 0.0178. The van der Waals surface area contributed by atoms with E-state index in [1.807, 2.05) is 25.1 Å². The van der Waals surface area contributed by atoms with Gasteiger partial charge in [0.1, 0.15) is 11.8 Å². The number of hydrogen-bond acceptors (Lipinski definition) is 5. The summed E-state index contributed by atoms with van der Waals surface area (Å²) in [5, 5.41) is 19.7. The Morgan fingerprint density at radius 2 is 2.29 bits per heavy atom. The molecule has 1 aromatic carbocycles. The highest BCUT2D eigenvalue weighted by Gasteiger charge is 2.32. The molecule has 6 heteroatoms. The molecule has 2 aromatic rings. The van der Waals surface area contributed by atoms with Gasteiger partial charge in [-0.25, -0.2) is 0 Å². The normalized spacial score (nSPS) is 20.6. The molecule has 1 fully saturated rings. The van der Waals surface area contributed by atoms with Crippen LogP contribution in [0.25, 0.3) is 10.9 Å². The zero-order chi connectivity index (χ0) is 17.3. The molecule has 1 aromatic heterocycles. The lowest BCUT2D eigenvalue weighted by atomic mass is 9.86. The topological polar surface area (TPSA) is 86.5 Å². The zero-order valence-corrected chi connectivity index (χ0v) is 13.7. The molecule has 0 bridgehead atoms. The lowest BCUT2D eigenvalue weighted by molar-refractivity contribution is -0.144. The van der Waals surface area contributed by atoms with Crippen molar-refractivity contribution in [3.8, 4) is 11.8 Å². The van der Waals surface area contributed by atoms with Crippen LogP contribution in [0, 0.1) is 23.2 Å². The summed E-state index contributed by atoms with van der Waals surface area (Å²) in [5.74, 6) is -0.347. The van der Waals surface area contributed by atoms with Gasteiger partial charge in [0.05, 0.1) is 29.8 Å². The van der Waals surface area contributed by atoms with Crippen LogP contribution in [0.1, 0.15) is 18.9 Å². The van der Waals surface area contributed by atoms with Crippen LogP contribution in [0.2, 0.25) is 0 Å². The Morgan fingerprint density at radius 3 is 2.92 bits per heavy atom. The molecule has 124 valence electrons. The summed E-state index contributed by atoms with van der Waals surface area (Å²) in [6.07, 6.45) is 2.15. The monoisotopic (exact) mass is 325 g/mol. The van der Waals surface area contributed by atoms with Crippen molar-refractivity contribution in [3.63, 3.8) is 0 Å².